The van der Waals surface area contributed by atoms with E-state index in [1.807, 2.05) is 11.4 Å². The first-order valence-corrected chi connectivity index (χ1v) is 7.02. The fraction of sp³-hybridized carbons (Fsp3) is 0.455. The van der Waals surface area contributed by atoms with Crippen molar-refractivity contribution in [1.29, 1.82) is 0 Å². The van der Waals surface area contributed by atoms with E-state index in [4.69, 9.17) is 9.47 Å². The van der Waals surface area contributed by atoms with Gasteiger partial charge in [0.05, 0.1) is 20.3 Å². The SMILES string of the molecule is COC(=O)C1COCCN1C(=O)c1sccc1Br. The van der Waals surface area contributed by atoms with Gasteiger partial charge in [-0.2, -0.15) is 0 Å². The third-order valence-corrected chi connectivity index (χ3v) is 4.50. The van der Waals surface area contributed by atoms with E-state index in [1.165, 1.54) is 23.3 Å². The van der Waals surface area contributed by atoms with E-state index in [-0.39, 0.29) is 12.5 Å². The summed E-state index contributed by atoms with van der Waals surface area (Å²) < 4.78 is 10.7. The van der Waals surface area contributed by atoms with Crippen LogP contribution in [0.4, 0.5) is 0 Å². The molecule has 1 saturated heterocycles. The maximum Gasteiger partial charge on any atom is 0.331 e. The highest BCUT2D eigenvalue weighted by molar-refractivity contribution is 9.10. The molecule has 1 aliphatic heterocycles. The molecule has 5 nitrogen and oxygen atoms in total. The summed E-state index contributed by atoms with van der Waals surface area (Å²) in [5.74, 6) is -0.619. The lowest BCUT2D eigenvalue weighted by atomic mass is 10.2. The van der Waals surface area contributed by atoms with Crippen molar-refractivity contribution < 1.29 is 19.1 Å². The van der Waals surface area contributed by atoms with Crippen LogP contribution in [0.5, 0.6) is 0 Å². The standard InChI is InChI=1S/C11H12BrNO4S/c1-16-11(15)8-6-17-4-3-13(8)10(14)9-7(12)2-5-18-9/h2,5,8H,3-4,6H2,1H3. The van der Waals surface area contributed by atoms with Gasteiger partial charge < -0.3 is 14.4 Å². The van der Waals surface area contributed by atoms with Gasteiger partial charge in [0.25, 0.3) is 5.91 Å². The Hall–Kier alpha value is -0.920. The van der Waals surface area contributed by atoms with Crippen molar-refractivity contribution in [2.45, 2.75) is 6.04 Å². The lowest BCUT2D eigenvalue weighted by Crippen LogP contribution is -2.52. The Kier molecular flexibility index (Phi) is 4.36. The van der Waals surface area contributed by atoms with Crippen LogP contribution in [0.2, 0.25) is 0 Å². The lowest BCUT2D eigenvalue weighted by Gasteiger charge is -2.33. The van der Waals surface area contributed by atoms with E-state index in [1.54, 1.807) is 0 Å². The fourth-order valence-electron chi connectivity index (χ4n) is 1.75. The van der Waals surface area contributed by atoms with Crippen LogP contribution in [0.1, 0.15) is 9.67 Å². The van der Waals surface area contributed by atoms with Crippen LogP contribution in [-0.2, 0) is 14.3 Å². The molecule has 1 unspecified atom stereocenters. The third kappa shape index (κ3) is 2.57. The first-order valence-electron chi connectivity index (χ1n) is 5.34. The van der Waals surface area contributed by atoms with Gasteiger partial charge in [0.1, 0.15) is 4.88 Å². The molecule has 1 aromatic heterocycles. The Morgan fingerprint density at radius 3 is 3.00 bits per heavy atom. The van der Waals surface area contributed by atoms with E-state index < -0.39 is 12.0 Å². The molecule has 0 saturated carbocycles. The second-order valence-corrected chi connectivity index (χ2v) is 5.48. The van der Waals surface area contributed by atoms with Crippen LogP contribution in [0.3, 0.4) is 0 Å². The maximum atomic E-state index is 12.4. The summed E-state index contributed by atoms with van der Waals surface area (Å²) >= 11 is 4.66. The molecule has 1 aromatic rings. The smallest absolute Gasteiger partial charge is 0.331 e. The zero-order valence-corrected chi connectivity index (χ0v) is 12.1. The summed E-state index contributed by atoms with van der Waals surface area (Å²) in [5, 5.41) is 1.82. The van der Waals surface area contributed by atoms with Crippen molar-refractivity contribution in [2.75, 3.05) is 26.9 Å². The molecule has 2 heterocycles. The number of carbonyl (C=O) groups is 2. The number of methoxy groups -OCH3 is 1. The van der Waals surface area contributed by atoms with Gasteiger partial charge in [-0.15, -0.1) is 11.3 Å². The molecule has 2 rings (SSSR count). The van der Waals surface area contributed by atoms with Crippen molar-refractivity contribution in [1.82, 2.24) is 4.90 Å². The van der Waals surface area contributed by atoms with Crippen LogP contribution in [0, 0.1) is 0 Å². The molecular formula is C11H12BrNO4S. The van der Waals surface area contributed by atoms with Crippen molar-refractivity contribution in [3.8, 4) is 0 Å². The summed E-state index contributed by atoms with van der Waals surface area (Å²) in [5.41, 5.74) is 0. The van der Waals surface area contributed by atoms with Crippen molar-refractivity contribution in [2.24, 2.45) is 0 Å². The minimum absolute atomic E-state index is 0.171. The minimum atomic E-state index is -0.662. The van der Waals surface area contributed by atoms with Crippen LogP contribution < -0.4 is 0 Å². The molecule has 18 heavy (non-hydrogen) atoms. The predicted octanol–water partition coefficient (Wildman–Crippen LogP) is 1.52. The number of morpholine rings is 1. The van der Waals surface area contributed by atoms with Crippen LogP contribution >= 0.6 is 27.3 Å². The molecule has 1 atom stereocenters. The number of hydrogen-bond donors (Lipinski definition) is 0. The molecule has 7 heteroatoms. The number of carbonyl (C=O) groups excluding carboxylic acids is 2. The monoisotopic (exact) mass is 333 g/mol. The molecule has 0 aromatic carbocycles. The van der Waals surface area contributed by atoms with E-state index in [2.05, 4.69) is 15.9 Å². The molecule has 1 amide bonds. The van der Waals surface area contributed by atoms with E-state index in [0.29, 0.717) is 18.0 Å². The van der Waals surface area contributed by atoms with E-state index in [9.17, 15) is 9.59 Å². The highest BCUT2D eigenvalue weighted by atomic mass is 79.9. The number of ether oxygens (including phenoxy) is 2. The number of nitrogens with zero attached hydrogens (tertiary/aromatic N) is 1. The topological polar surface area (TPSA) is 55.8 Å². The van der Waals surface area contributed by atoms with E-state index >= 15 is 0 Å². The molecular weight excluding hydrogens is 322 g/mol. The number of thiophene rings is 1. The highest BCUT2D eigenvalue weighted by Crippen LogP contribution is 2.25. The number of rotatable bonds is 2. The fourth-order valence-corrected chi connectivity index (χ4v) is 3.25. The van der Waals surface area contributed by atoms with Crippen LogP contribution in [0.15, 0.2) is 15.9 Å². The number of hydrogen-bond acceptors (Lipinski definition) is 5. The average molecular weight is 334 g/mol. The number of esters is 1. The Morgan fingerprint density at radius 1 is 1.61 bits per heavy atom. The Morgan fingerprint density at radius 2 is 2.39 bits per heavy atom. The predicted molar refractivity (Wildman–Crippen MR) is 69.7 cm³/mol. The maximum absolute atomic E-state index is 12.4. The van der Waals surface area contributed by atoms with Crippen LogP contribution in [-0.4, -0.2) is 49.7 Å². The normalized spacial score (nSPS) is 19.7. The van der Waals surface area contributed by atoms with Gasteiger partial charge in [-0.3, -0.25) is 4.79 Å². The van der Waals surface area contributed by atoms with E-state index in [0.717, 1.165) is 4.47 Å². The summed E-state index contributed by atoms with van der Waals surface area (Å²) in [7, 11) is 1.31. The molecule has 0 aliphatic carbocycles. The van der Waals surface area contributed by atoms with Gasteiger partial charge in [0.15, 0.2) is 6.04 Å². The molecule has 0 spiro atoms. The highest BCUT2D eigenvalue weighted by Gasteiger charge is 2.35. The second-order valence-electron chi connectivity index (χ2n) is 3.71. The lowest BCUT2D eigenvalue weighted by molar-refractivity contribution is -0.151. The first-order chi connectivity index (χ1) is 8.65. The number of amides is 1. The van der Waals surface area contributed by atoms with Gasteiger partial charge in [0, 0.05) is 11.0 Å². The first kappa shape index (κ1) is 13.5. The van der Waals surface area contributed by atoms with Gasteiger partial charge in [-0.25, -0.2) is 4.79 Å². The Balaban J connectivity index is 2.21. The van der Waals surface area contributed by atoms with Gasteiger partial charge in [-0.05, 0) is 27.4 Å². The number of halogens is 1. The Labute approximate surface area is 117 Å². The molecule has 1 fully saturated rings. The van der Waals surface area contributed by atoms with Gasteiger partial charge in [-0.1, -0.05) is 0 Å². The molecule has 98 valence electrons. The van der Waals surface area contributed by atoms with Crippen molar-refractivity contribution in [3.63, 3.8) is 0 Å². The zero-order valence-electron chi connectivity index (χ0n) is 9.72. The largest absolute Gasteiger partial charge is 0.467 e. The Bertz CT molecular complexity index is 462. The average Bonchev–Trinajstić information content (AvgIpc) is 2.83. The summed E-state index contributed by atoms with van der Waals surface area (Å²) in [6.45, 7) is 1.01. The van der Waals surface area contributed by atoms with Crippen molar-refractivity contribution >= 4 is 39.1 Å². The van der Waals surface area contributed by atoms with Gasteiger partial charge in [0.2, 0.25) is 0 Å². The summed E-state index contributed by atoms with van der Waals surface area (Å²) in [4.78, 5) is 26.1. The second kappa shape index (κ2) is 5.81. The van der Waals surface area contributed by atoms with Crippen LogP contribution in [0.25, 0.3) is 0 Å². The molecule has 0 bridgehead atoms. The molecule has 0 N–H and O–H groups in total. The quantitative estimate of drug-likeness (QED) is 0.770. The minimum Gasteiger partial charge on any atom is -0.467 e. The summed E-state index contributed by atoms with van der Waals surface area (Å²) in [6.07, 6.45) is 0. The zero-order chi connectivity index (χ0) is 13.1. The molecule has 0 radical (unpaired) electrons. The summed E-state index contributed by atoms with van der Waals surface area (Å²) in [6, 6.07) is 1.15. The third-order valence-electron chi connectivity index (χ3n) is 2.67. The van der Waals surface area contributed by atoms with Gasteiger partial charge >= 0.3 is 5.97 Å². The molecule has 1 aliphatic rings. The van der Waals surface area contributed by atoms with Crippen molar-refractivity contribution in [3.05, 3.63) is 20.8 Å².